The summed E-state index contributed by atoms with van der Waals surface area (Å²) < 4.78 is 0. The third-order valence-corrected chi connectivity index (χ3v) is 3.86. The summed E-state index contributed by atoms with van der Waals surface area (Å²) in [5.74, 6) is 0.521. The number of aliphatic hydroxyl groups is 1. The number of aromatic nitrogens is 1. The maximum atomic E-state index is 10.0. The monoisotopic (exact) mass is 211 g/mol. The molecule has 1 aromatic heterocycles. The van der Waals surface area contributed by atoms with E-state index in [9.17, 15) is 5.11 Å². The highest BCUT2D eigenvalue weighted by molar-refractivity contribution is 7.09. The minimum atomic E-state index is -0.165. The molecule has 0 saturated heterocycles. The third kappa shape index (κ3) is 2.55. The van der Waals surface area contributed by atoms with Gasteiger partial charge in [-0.3, -0.25) is 0 Å². The second-order valence-corrected chi connectivity index (χ2v) is 5.07. The number of rotatable bonds is 3. The Kier molecular flexibility index (Phi) is 3.54. The lowest BCUT2D eigenvalue weighted by atomic mass is 9.84. The zero-order valence-electron chi connectivity index (χ0n) is 8.35. The van der Waals surface area contributed by atoms with Crippen molar-refractivity contribution in [3.63, 3.8) is 0 Å². The van der Waals surface area contributed by atoms with Gasteiger partial charge in [-0.2, -0.15) is 0 Å². The number of hydrogen-bond donors (Lipinski definition) is 1. The third-order valence-electron chi connectivity index (χ3n) is 3.06. The maximum Gasteiger partial charge on any atom is 0.0950 e. The molecule has 0 aromatic carbocycles. The molecule has 0 aliphatic heterocycles. The quantitative estimate of drug-likeness (QED) is 0.833. The predicted molar refractivity (Wildman–Crippen MR) is 58.4 cm³/mol. The van der Waals surface area contributed by atoms with Crippen LogP contribution in [0.4, 0.5) is 0 Å². The Hall–Kier alpha value is -0.410. The van der Waals surface area contributed by atoms with E-state index in [-0.39, 0.29) is 6.10 Å². The van der Waals surface area contributed by atoms with Crippen molar-refractivity contribution in [1.82, 2.24) is 4.98 Å². The van der Waals surface area contributed by atoms with E-state index in [1.807, 2.05) is 11.6 Å². The molecule has 2 nitrogen and oxygen atoms in total. The Morgan fingerprint density at radius 2 is 2.21 bits per heavy atom. The van der Waals surface area contributed by atoms with Crippen molar-refractivity contribution in [3.8, 4) is 0 Å². The lowest BCUT2D eigenvalue weighted by Gasteiger charge is -2.25. The van der Waals surface area contributed by atoms with E-state index in [0.717, 1.165) is 11.4 Å². The van der Waals surface area contributed by atoms with Gasteiger partial charge < -0.3 is 5.11 Å². The van der Waals surface area contributed by atoms with E-state index in [1.165, 1.54) is 32.1 Å². The molecule has 2 rings (SSSR count). The summed E-state index contributed by atoms with van der Waals surface area (Å²) in [6, 6.07) is 0. The molecule has 1 atom stereocenters. The number of aliphatic hydroxyl groups excluding tert-OH is 1. The van der Waals surface area contributed by atoms with Crippen LogP contribution in [0, 0.1) is 5.92 Å². The number of nitrogens with zero attached hydrogens (tertiary/aromatic N) is 1. The highest BCUT2D eigenvalue weighted by atomic mass is 32.1. The van der Waals surface area contributed by atoms with Crippen LogP contribution in [0.5, 0.6) is 0 Å². The summed E-state index contributed by atoms with van der Waals surface area (Å²) in [5.41, 5.74) is 0. The van der Waals surface area contributed by atoms with Gasteiger partial charge in [0.1, 0.15) is 0 Å². The van der Waals surface area contributed by atoms with Crippen molar-refractivity contribution in [3.05, 3.63) is 16.6 Å². The first-order chi connectivity index (χ1) is 6.86. The van der Waals surface area contributed by atoms with Crippen LogP contribution in [0.3, 0.4) is 0 Å². The molecule has 0 spiro atoms. The van der Waals surface area contributed by atoms with Gasteiger partial charge >= 0.3 is 0 Å². The molecule has 0 radical (unpaired) electrons. The smallest absolute Gasteiger partial charge is 0.0950 e. The normalized spacial score (nSPS) is 20.9. The van der Waals surface area contributed by atoms with Crippen molar-refractivity contribution in [1.29, 1.82) is 0 Å². The Bertz CT molecular complexity index is 254. The zero-order chi connectivity index (χ0) is 9.80. The van der Waals surface area contributed by atoms with Gasteiger partial charge in [-0.25, -0.2) is 4.98 Å². The van der Waals surface area contributed by atoms with Crippen molar-refractivity contribution in [2.24, 2.45) is 5.92 Å². The van der Waals surface area contributed by atoms with E-state index in [1.54, 1.807) is 11.3 Å². The van der Waals surface area contributed by atoms with Crippen LogP contribution in [0.15, 0.2) is 11.6 Å². The molecule has 1 fully saturated rings. The van der Waals surface area contributed by atoms with Crippen molar-refractivity contribution in [2.75, 3.05) is 0 Å². The largest absolute Gasteiger partial charge is 0.392 e. The van der Waals surface area contributed by atoms with Crippen molar-refractivity contribution >= 4 is 11.3 Å². The van der Waals surface area contributed by atoms with E-state index in [0.29, 0.717) is 5.92 Å². The highest BCUT2D eigenvalue weighted by Crippen LogP contribution is 2.28. The minimum Gasteiger partial charge on any atom is -0.392 e. The number of thiazole rings is 1. The Balaban J connectivity index is 1.85. The van der Waals surface area contributed by atoms with E-state index in [4.69, 9.17) is 0 Å². The molecule has 0 bridgehead atoms. The fraction of sp³-hybridized carbons (Fsp3) is 0.727. The summed E-state index contributed by atoms with van der Waals surface area (Å²) in [4.78, 5) is 4.21. The first-order valence-corrected chi connectivity index (χ1v) is 6.30. The van der Waals surface area contributed by atoms with Crippen LogP contribution in [-0.4, -0.2) is 16.2 Å². The average molecular weight is 211 g/mol. The first-order valence-electron chi connectivity index (χ1n) is 5.42. The van der Waals surface area contributed by atoms with Crippen molar-refractivity contribution in [2.45, 2.75) is 44.6 Å². The lowest BCUT2D eigenvalue weighted by Crippen LogP contribution is -2.24. The summed E-state index contributed by atoms with van der Waals surface area (Å²) in [6.45, 7) is 0. The molecule has 14 heavy (non-hydrogen) atoms. The van der Waals surface area contributed by atoms with Crippen LogP contribution in [0.1, 0.15) is 37.1 Å². The van der Waals surface area contributed by atoms with Gasteiger partial charge in [0.05, 0.1) is 11.1 Å². The summed E-state index contributed by atoms with van der Waals surface area (Å²) >= 11 is 1.64. The van der Waals surface area contributed by atoms with Crippen LogP contribution in [0.2, 0.25) is 0 Å². The molecule has 3 heteroatoms. The molecule has 1 aromatic rings. The molecule has 0 amide bonds. The zero-order valence-corrected chi connectivity index (χ0v) is 9.17. The SMILES string of the molecule is OC(Cc1nccs1)C1CCCCC1. The molecule has 1 aliphatic rings. The summed E-state index contributed by atoms with van der Waals surface area (Å²) in [7, 11) is 0. The fourth-order valence-electron chi connectivity index (χ4n) is 2.22. The molecule has 1 aliphatic carbocycles. The molecular weight excluding hydrogens is 194 g/mol. The standard InChI is InChI=1S/C11H17NOS/c13-10(8-11-12-6-7-14-11)9-4-2-1-3-5-9/h6-7,9-10,13H,1-5,8H2. The van der Waals surface area contributed by atoms with Gasteiger partial charge in [0.25, 0.3) is 0 Å². The second kappa shape index (κ2) is 4.89. The topological polar surface area (TPSA) is 33.1 Å². The van der Waals surface area contributed by atoms with Crippen LogP contribution in [0.25, 0.3) is 0 Å². The Morgan fingerprint density at radius 1 is 1.43 bits per heavy atom. The van der Waals surface area contributed by atoms with Crippen LogP contribution in [-0.2, 0) is 6.42 Å². The van der Waals surface area contributed by atoms with Gasteiger partial charge in [0.2, 0.25) is 0 Å². The second-order valence-electron chi connectivity index (χ2n) is 4.10. The van der Waals surface area contributed by atoms with Gasteiger partial charge in [-0.1, -0.05) is 19.3 Å². The van der Waals surface area contributed by atoms with Crippen LogP contribution >= 0.6 is 11.3 Å². The molecule has 78 valence electrons. The molecule has 1 saturated carbocycles. The van der Waals surface area contributed by atoms with E-state index < -0.39 is 0 Å². The highest BCUT2D eigenvalue weighted by Gasteiger charge is 2.22. The predicted octanol–water partition coefficient (Wildman–Crippen LogP) is 2.63. The minimum absolute atomic E-state index is 0.165. The first kappa shape index (κ1) is 10.1. The molecular formula is C11H17NOS. The van der Waals surface area contributed by atoms with E-state index in [2.05, 4.69) is 4.98 Å². The summed E-state index contributed by atoms with van der Waals surface area (Å²) in [6.07, 6.45) is 8.73. The molecule has 1 heterocycles. The Morgan fingerprint density at radius 3 is 2.86 bits per heavy atom. The van der Waals surface area contributed by atoms with Gasteiger partial charge in [0, 0.05) is 18.0 Å². The van der Waals surface area contributed by atoms with Crippen LogP contribution < -0.4 is 0 Å². The average Bonchev–Trinajstić information content (AvgIpc) is 2.72. The van der Waals surface area contributed by atoms with Crippen molar-refractivity contribution < 1.29 is 5.11 Å². The molecule has 1 unspecified atom stereocenters. The van der Waals surface area contributed by atoms with Gasteiger partial charge in [0.15, 0.2) is 0 Å². The van der Waals surface area contributed by atoms with Gasteiger partial charge in [-0.05, 0) is 18.8 Å². The molecule has 1 N–H and O–H groups in total. The van der Waals surface area contributed by atoms with E-state index >= 15 is 0 Å². The maximum absolute atomic E-state index is 10.0. The fourth-order valence-corrected chi connectivity index (χ4v) is 2.89. The summed E-state index contributed by atoms with van der Waals surface area (Å²) in [5, 5.41) is 13.1. The van der Waals surface area contributed by atoms with Gasteiger partial charge in [-0.15, -0.1) is 11.3 Å². The lowest BCUT2D eigenvalue weighted by molar-refractivity contribution is 0.0850. The number of hydrogen-bond acceptors (Lipinski definition) is 3. The Labute approximate surface area is 89.0 Å².